The molecule has 0 unspecified atom stereocenters. The number of amides is 1. The van der Waals surface area contributed by atoms with Crippen molar-refractivity contribution in [2.75, 3.05) is 20.2 Å². The predicted molar refractivity (Wildman–Crippen MR) is 74.5 cm³/mol. The van der Waals surface area contributed by atoms with Crippen LogP contribution in [0, 0.1) is 11.3 Å². The van der Waals surface area contributed by atoms with Gasteiger partial charge in [-0.15, -0.1) is 6.58 Å². The minimum absolute atomic E-state index is 0.136. The van der Waals surface area contributed by atoms with Crippen LogP contribution in [-0.4, -0.2) is 37.0 Å². The Morgan fingerprint density at radius 1 is 1.32 bits per heavy atom. The third-order valence-electron chi connectivity index (χ3n) is 3.71. The molecule has 0 aliphatic carbocycles. The van der Waals surface area contributed by atoms with Crippen LogP contribution in [0.2, 0.25) is 0 Å². The van der Waals surface area contributed by atoms with Crippen LogP contribution < -0.4 is 0 Å². The Hall–Kier alpha value is -1.32. The Bertz CT molecular complexity index is 341. The fourth-order valence-electron chi connectivity index (χ4n) is 2.43. The lowest BCUT2D eigenvalue weighted by atomic mass is 9.84. The SMILES string of the molecule is C=CC1CCN(C(=O)CC(C)(C)CC(=O)OC)CC1. The van der Waals surface area contributed by atoms with Gasteiger partial charge in [-0.25, -0.2) is 0 Å². The zero-order valence-corrected chi connectivity index (χ0v) is 12.3. The number of nitrogens with zero attached hydrogens (tertiary/aromatic N) is 1. The number of likely N-dealkylation sites (tertiary alicyclic amines) is 1. The molecule has 0 aromatic rings. The average molecular weight is 267 g/mol. The van der Waals surface area contributed by atoms with Crippen molar-refractivity contribution < 1.29 is 14.3 Å². The first-order chi connectivity index (χ1) is 8.88. The molecule has 4 nitrogen and oxygen atoms in total. The van der Waals surface area contributed by atoms with Gasteiger partial charge in [0.1, 0.15) is 0 Å². The van der Waals surface area contributed by atoms with Gasteiger partial charge in [-0.2, -0.15) is 0 Å². The molecular weight excluding hydrogens is 242 g/mol. The van der Waals surface area contributed by atoms with Crippen LogP contribution in [0.1, 0.15) is 39.5 Å². The van der Waals surface area contributed by atoms with E-state index in [0.29, 0.717) is 12.3 Å². The van der Waals surface area contributed by atoms with E-state index in [4.69, 9.17) is 0 Å². The summed E-state index contributed by atoms with van der Waals surface area (Å²) in [5.74, 6) is 0.409. The molecule has 4 heteroatoms. The first-order valence-corrected chi connectivity index (χ1v) is 6.85. The Morgan fingerprint density at radius 2 is 1.89 bits per heavy atom. The van der Waals surface area contributed by atoms with Gasteiger partial charge in [0, 0.05) is 19.5 Å². The molecule has 0 atom stereocenters. The normalized spacial score (nSPS) is 17.1. The standard InChI is InChI=1S/C15H25NO3/c1-5-12-6-8-16(9-7-12)13(17)10-15(2,3)11-14(18)19-4/h5,12H,1,6-11H2,2-4H3. The summed E-state index contributed by atoms with van der Waals surface area (Å²) >= 11 is 0. The Balaban J connectivity index is 2.46. The summed E-state index contributed by atoms with van der Waals surface area (Å²) in [6.45, 7) is 9.25. The zero-order valence-electron chi connectivity index (χ0n) is 12.3. The van der Waals surface area contributed by atoms with E-state index in [1.54, 1.807) is 0 Å². The molecule has 1 heterocycles. The number of carbonyl (C=O) groups excluding carboxylic acids is 2. The lowest BCUT2D eigenvalue weighted by Crippen LogP contribution is -2.40. The molecule has 0 spiro atoms. The largest absolute Gasteiger partial charge is 0.469 e. The molecule has 1 amide bonds. The highest BCUT2D eigenvalue weighted by molar-refractivity contribution is 5.78. The summed E-state index contributed by atoms with van der Waals surface area (Å²) in [4.78, 5) is 25.4. The van der Waals surface area contributed by atoms with Gasteiger partial charge in [-0.1, -0.05) is 19.9 Å². The summed E-state index contributed by atoms with van der Waals surface area (Å²) in [7, 11) is 1.38. The monoisotopic (exact) mass is 267 g/mol. The van der Waals surface area contributed by atoms with Crippen molar-refractivity contribution >= 4 is 11.9 Å². The Morgan fingerprint density at radius 3 is 2.37 bits per heavy atom. The van der Waals surface area contributed by atoms with E-state index in [1.165, 1.54) is 7.11 Å². The summed E-state index contributed by atoms with van der Waals surface area (Å²) in [6, 6.07) is 0. The number of ether oxygens (including phenoxy) is 1. The second-order valence-corrected chi connectivity index (χ2v) is 6.05. The van der Waals surface area contributed by atoms with Gasteiger partial charge < -0.3 is 9.64 Å². The van der Waals surface area contributed by atoms with E-state index >= 15 is 0 Å². The van der Waals surface area contributed by atoms with Gasteiger partial charge in [0.25, 0.3) is 0 Å². The number of rotatable bonds is 5. The van der Waals surface area contributed by atoms with Crippen LogP contribution in [0.3, 0.4) is 0 Å². The second-order valence-electron chi connectivity index (χ2n) is 6.05. The van der Waals surface area contributed by atoms with Crippen LogP contribution in [0.15, 0.2) is 12.7 Å². The maximum absolute atomic E-state index is 12.2. The van der Waals surface area contributed by atoms with Gasteiger partial charge in [-0.05, 0) is 24.2 Å². The first-order valence-electron chi connectivity index (χ1n) is 6.85. The van der Waals surface area contributed by atoms with Crippen molar-refractivity contribution in [1.29, 1.82) is 0 Å². The molecule has 19 heavy (non-hydrogen) atoms. The fourth-order valence-corrected chi connectivity index (χ4v) is 2.43. The van der Waals surface area contributed by atoms with E-state index in [0.717, 1.165) is 25.9 Å². The number of carbonyl (C=O) groups is 2. The zero-order chi connectivity index (χ0) is 14.5. The van der Waals surface area contributed by atoms with Crippen LogP contribution in [0.4, 0.5) is 0 Å². The smallest absolute Gasteiger partial charge is 0.306 e. The van der Waals surface area contributed by atoms with E-state index in [9.17, 15) is 9.59 Å². The summed E-state index contributed by atoms with van der Waals surface area (Å²) < 4.78 is 4.67. The number of hydrogen-bond donors (Lipinski definition) is 0. The van der Waals surface area contributed by atoms with Crippen molar-refractivity contribution in [3.63, 3.8) is 0 Å². The van der Waals surface area contributed by atoms with Gasteiger partial charge in [0.05, 0.1) is 13.5 Å². The van der Waals surface area contributed by atoms with E-state index < -0.39 is 0 Å². The first kappa shape index (κ1) is 15.7. The molecule has 1 saturated heterocycles. The average Bonchev–Trinajstić information content (AvgIpc) is 2.37. The molecule has 1 rings (SSSR count). The molecule has 1 aliphatic heterocycles. The maximum atomic E-state index is 12.2. The highest BCUT2D eigenvalue weighted by Crippen LogP contribution is 2.28. The van der Waals surface area contributed by atoms with Crippen molar-refractivity contribution in [3.05, 3.63) is 12.7 Å². The van der Waals surface area contributed by atoms with Crippen molar-refractivity contribution in [2.24, 2.45) is 11.3 Å². The van der Waals surface area contributed by atoms with Gasteiger partial charge in [0.15, 0.2) is 0 Å². The Kier molecular flexibility index (Phi) is 5.58. The van der Waals surface area contributed by atoms with Gasteiger partial charge >= 0.3 is 5.97 Å². The molecule has 0 aromatic heterocycles. The van der Waals surface area contributed by atoms with Crippen LogP contribution >= 0.6 is 0 Å². The predicted octanol–water partition coefficient (Wildman–Crippen LogP) is 2.39. The number of esters is 1. The quantitative estimate of drug-likeness (QED) is 0.567. The lowest BCUT2D eigenvalue weighted by molar-refractivity contribution is -0.144. The van der Waals surface area contributed by atoms with E-state index in [-0.39, 0.29) is 23.7 Å². The summed E-state index contributed by atoms with van der Waals surface area (Å²) in [5.41, 5.74) is -0.348. The van der Waals surface area contributed by atoms with Crippen LogP contribution in [-0.2, 0) is 14.3 Å². The Labute approximate surface area is 115 Å². The van der Waals surface area contributed by atoms with Crippen molar-refractivity contribution in [1.82, 2.24) is 4.90 Å². The minimum atomic E-state index is -0.348. The summed E-state index contributed by atoms with van der Waals surface area (Å²) in [5, 5.41) is 0. The second kappa shape index (κ2) is 6.73. The van der Waals surface area contributed by atoms with Crippen molar-refractivity contribution in [2.45, 2.75) is 39.5 Å². The third kappa shape index (κ3) is 5.05. The molecule has 108 valence electrons. The molecule has 0 N–H and O–H groups in total. The van der Waals surface area contributed by atoms with Gasteiger partial charge in [-0.3, -0.25) is 9.59 Å². The molecule has 1 aliphatic rings. The fraction of sp³-hybridized carbons (Fsp3) is 0.733. The van der Waals surface area contributed by atoms with E-state index in [1.807, 2.05) is 24.8 Å². The van der Waals surface area contributed by atoms with Crippen LogP contribution in [0.5, 0.6) is 0 Å². The third-order valence-corrected chi connectivity index (χ3v) is 3.71. The molecular formula is C15H25NO3. The maximum Gasteiger partial charge on any atom is 0.306 e. The number of methoxy groups -OCH3 is 1. The highest BCUT2D eigenvalue weighted by Gasteiger charge is 2.29. The van der Waals surface area contributed by atoms with E-state index in [2.05, 4.69) is 11.3 Å². The number of allylic oxidation sites excluding steroid dienone is 1. The molecule has 0 bridgehead atoms. The number of hydrogen-bond acceptors (Lipinski definition) is 3. The van der Waals surface area contributed by atoms with Crippen LogP contribution in [0.25, 0.3) is 0 Å². The number of piperidine rings is 1. The molecule has 1 fully saturated rings. The van der Waals surface area contributed by atoms with Crippen molar-refractivity contribution in [3.8, 4) is 0 Å². The lowest BCUT2D eigenvalue weighted by Gasteiger charge is -2.33. The summed E-state index contributed by atoms with van der Waals surface area (Å²) in [6.07, 6.45) is 4.63. The minimum Gasteiger partial charge on any atom is -0.469 e. The molecule has 0 radical (unpaired) electrons. The molecule has 0 aromatic carbocycles. The highest BCUT2D eigenvalue weighted by atomic mass is 16.5. The molecule has 0 saturated carbocycles. The van der Waals surface area contributed by atoms with Gasteiger partial charge in [0.2, 0.25) is 5.91 Å². The topological polar surface area (TPSA) is 46.6 Å².